The van der Waals surface area contributed by atoms with Gasteiger partial charge in [0.2, 0.25) is 0 Å². The molecule has 2 N–H and O–H groups in total. The van der Waals surface area contributed by atoms with E-state index in [0.717, 1.165) is 61.3 Å². The number of nitriles is 1. The Morgan fingerprint density at radius 3 is 2.18 bits per heavy atom. The molecule has 1 amide bonds. The average molecular weight is 516 g/mol. The number of nitrogens with one attached hydrogen (secondary N) is 1. The van der Waals surface area contributed by atoms with E-state index in [9.17, 15) is 15.2 Å². The Balaban J connectivity index is 1.22. The van der Waals surface area contributed by atoms with E-state index in [2.05, 4.69) is 56.1 Å². The number of benzene rings is 2. The molecule has 2 aromatic rings. The summed E-state index contributed by atoms with van der Waals surface area (Å²) in [5, 5.41) is 22.5. The summed E-state index contributed by atoms with van der Waals surface area (Å²) in [4.78, 5) is 15.7. The van der Waals surface area contributed by atoms with Crippen LogP contribution in [-0.4, -0.2) is 42.4 Å². The van der Waals surface area contributed by atoms with Crippen molar-refractivity contribution in [1.82, 2.24) is 5.32 Å². The van der Waals surface area contributed by atoms with Gasteiger partial charge in [0.15, 0.2) is 0 Å². The van der Waals surface area contributed by atoms with Crippen molar-refractivity contribution in [1.29, 1.82) is 5.26 Å². The molecule has 2 aliphatic carbocycles. The standard InChI is InChI=1S/C32H41N3O3/c1-20-21(2)26(12-9-23(20)17-33)38-29-30(3,4)28(31(29,5)6)34-27(37)22-7-10-24(11-8-22)35-18-32(19-35)15-13-25(36)14-16-32/h7-12,25,28-29,36H,13-16,18-19H2,1-6H3,(H,34,37). The summed E-state index contributed by atoms with van der Waals surface area (Å²) in [7, 11) is 0. The van der Waals surface area contributed by atoms with E-state index in [1.165, 1.54) is 0 Å². The van der Waals surface area contributed by atoms with Gasteiger partial charge in [0, 0.05) is 46.6 Å². The zero-order chi connectivity index (χ0) is 27.5. The number of nitrogens with zero attached hydrogens (tertiary/aromatic N) is 2. The number of hydrogen-bond acceptors (Lipinski definition) is 5. The molecule has 3 fully saturated rings. The van der Waals surface area contributed by atoms with Crippen LogP contribution in [0.4, 0.5) is 5.69 Å². The van der Waals surface area contributed by atoms with Crippen LogP contribution in [0.15, 0.2) is 36.4 Å². The third kappa shape index (κ3) is 4.35. The quantitative estimate of drug-likeness (QED) is 0.547. The monoisotopic (exact) mass is 515 g/mol. The van der Waals surface area contributed by atoms with Gasteiger partial charge in [-0.25, -0.2) is 0 Å². The Kier molecular flexibility index (Phi) is 6.51. The summed E-state index contributed by atoms with van der Waals surface area (Å²) >= 11 is 0. The Hall–Kier alpha value is -3.04. The van der Waals surface area contributed by atoms with Crippen molar-refractivity contribution in [3.63, 3.8) is 0 Å². The normalized spacial score (nSPS) is 25.2. The lowest BCUT2D eigenvalue weighted by Crippen LogP contribution is -2.74. The van der Waals surface area contributed by atoms with Gasteiger partial charge in [-0.3, -0.25) is 4.79 Å². The molecule has 0 unspecified atom stereocenters. The van der Waals surface area contributed by atoms with Crippen LogP contribution in [0.2, 0.25) is 0 Å². The molecule has 0 bridgehead atoms. The zero-order valence-electron chi connectivity index (χ0n) is 23.6. The highest BCUT2D eigenvalue weighted by atomic mass is 16.5. The molecule has 38 heavy (non-hydrogen) atoms. The second-order valence-corrected chi connectivity index (χ2v) is 13.2. The summed E-state index contributed by atoms with van der Waals surface area (Å²) in [6.45, 7) is 14.6. The molecule has 202 valence electrons. The molecule has 1 aliphatic heterocycles. The number of rotatable bonds is 5. The highest BCUT2D eigenvalue weighted by Crippen LogP contribution is 2.56. The third-order valence-electron chi connectivity index (χ3n) is 9.78. The minimum Gasteiger partial charge on any atom is -0.489 e. The molecule has 6 nitrogen and oxygen atoms in total. The topological polar surface area (TPSA) is 85.6 Å². The van der Waals surface area contributed by atoms with E-state index in [0.29, 0.717) is 16.5 Å². The number of carbonyl (C=O) groups excluding carboxylic acids is 1. The maximum absolute atomic E-state index is 13.3. The van der Waals surface area contributed by atoms with E-state index in [-0.39, 0.29) is 35.0 Å². The van der Waals surface area contributed by atoms with E-state index in [1.807, 2.05) is 38.1 Å². The van der Waals surface area contributed by atoms with Gasteiger partial charge in [-0.05, 0) is 87.1 Å². The molecular weight excluding hydrogens is 474 g/mol. The molecule has 1 saturated heterocycles. The number of hydrogen-bond donors (Lipinski definition) is 2. The third-order valence-corrected chi connectivity index (χ3v) is 9.78. The van der Waals surface area contributed by atoms with Gasteiger partial charge in [0.25, 0.3) is 5.91 Å². The number of aliphatic hydroxyl groups excluding tert-OH is 1. The number of anilines is 1. The van der Waals surface area contributed by atoms with E-state index >= 15 is 0 Å². The van der Waals surface area contributed by atoms with Crippen LogP contribution in [0.3, 0.4) is 0 Å². The molecule has 2 aromatic carbocycles. The summed E-state index contributed by atoms with van der Waals surface area (Å²) in [5.41, 5.74) is 4.24. The van der Waals surface area contributed by atoms with Gasteiger partial charge in [0.05, 0.1) is 17.7 Å². The largest absolute Gasteiger partial charge is 0.489 e. The summed E-state index contributed by atoms with van der Waals surface area (Å²) < 4.78 is 6.54. The number of carbonyl (C=O) groups is 1. The molecule has 1 heterocycles. The molecule has 3 aliphatic rings. The highest BCUT2D eigenvalue weighted by Gasteiger charge is 2.64. The minimum atomic E-state index is -0.271. The fourth-order valence-corrected chi connectivity index (χ4v) is 7.49. The second kappa shape index (κ2) is 9.31. The van der Waals surface area contributed by atoms with Gasteiger partial charge in [-0.15, -0.1) is 0 Å². The fraction of sp³-hybridized carbons (Fsp3) is 0.562. The molecule has 6 heteroatoms. The van der Waals surface area contributed by atoms with Crippen LogP contribution in [0.25, 0.3) is 0 Å². The fourth-order valence-electron chi connectivity index (χ4n) is 7.49. The first-order valence-corrected chi connectivity index (χ1v) is 13.9. The van der Waals surface area contributed by atoms with Crippen molar-refractivity contribution in [2.75, 3.05) is 18.0 Å². The lowest BCUT2D eigenvalue weighted by Gasteiger charge is -2.63. The van der Waals surface area contributed by atoms with E-state index in [4.69, 9.17) is 4.74 Å². The van der Waals surface area contributed by atoms with Gasteiger partial charge in [0.1, 0.15) is 11.9 Å². The van der Waals surface area contributed by atoms with E-state index in [1.54, 1.807) is 0 Å². The van der Waals surface area contributed by atoms with Crippen LogP contribution >= 0.6 is 0 Å². The summed E-state index contributed by atoms with van der Waals surface area (Å²) in [6, 6.07) is 13.9. The van der Waals surface area contributed by atoms with Crippen LogP contribution in [0.5, 0.6) is 5.75 Å². The highest BCUT2D eigenvalue weighted by molar-refractivity contribution is 5.95. The van der Waals surface area contributed by atoms with Crippen molar-refractivity contribution in [3.05, 3.63) is 58.7 Å². The Labute approximate surface area is 227 Å². The molecule has 0 radical (unpaired) electrons. The molecule has 0 aromatic heterocycles. The van der Waals surface area contributed by atoms with Crippen LogP contribution in [0, 0.1) is 41.4 Å². The Bertz CT molecular complexity index is 1240. The second-order valence-electron chi connectivity index (χ2n) is 13.2. The number of amides is 1. The predicted octanol–water partition coefficient (Wildman–Crippen LogP) is 5.53. The van der Waals surface area contributed by atoms with Crippen LogP contribution in [-0.2, 0) is 0 Å². The molecule has 1 spiro atoms. The van der Waals surface area contributed by atoms with E-state index < -0.39 is 0 Å². The SMILES string of the molecule is Cc1c(C#N)ccc(OC2C(C)(C)C(NC(=O)c3ccc(N4CC5(CCC(O)CC5)C4)cc3)C2(C)C)c1C. The Morgan fingerprint density at radius 1 is 1.00 bits per heavy atom. The van der Waals surface area contributed by atoms with Crippen molar-refractivity contribution < 1.29 is 14.6 Å². The lowest BCUT2D eigenvalue weighted by atomic mass is 9.49. The molecule has 2 saturated carbocycles. The van der Waals surface area contributed by atoms with Crippen LogP contribution in [0.1, 0.15) is 80.4 Å². The van der Waals surface area contributed by atoms with Crippen LogP contribution < -0.4 is 15.0 Å². The smallest absolute Gasteiger partial charge is 0.251 e. The molecule has 5 rings (SSSR count). The van der Waals surface area contributed by atoms with Crippen molar-refractivity contribution in [2.45, 2.75) is 85.5 Å². The first-order valence-electron chi connectivity index (χ1n) is 13.9. The first kappa shape index (κ1) is 26.6. The van der Waals surface area contributed by atoms with Crippen molar-refractivity contribution in [3.8, 4) is 11.8 Å². The van der Waals surface area contributed by atoms with Gasteiger partial charge in [-0.2, -0.15) is 5.26 Å². The maximum atomic E-state index is 13.3. The van der Waals surface area contributed by atoms with Gasteiger partial charge in [-0.1, -0.05) is 27.7 Å². The number of aliphatic hydroxyl groups is 1. The molecule has 0 atom stereocenters. The zero-order valence-corrected chi connectivity index (χ0v) is 23.6. The minimum absolute atomic E-state index is 0.0520. The first-order chi connectivity index (χ1) is 17.9. The predicted molar refractivity (Wildman–Crippen MR) is 149 cm³/mol. The van der Waals surface area contributed by atoms with Gasteiger partial charge >= 0.3 is 0 Å². The maximum Gasteiger partial charge on any atom is 0.251 e. The van der Waals surface area contributed by atoms with Crippen molar-refractivity contribution in [2.24, 2.45) is 16.2 Å². The average Bonchev–Trinajstić information content (AvgIpc) is 2.87. The van der Waals surface area contributed by atoms with Gasteiger partial charge < -0.3 is 20.1 Å². The summed E-state index contributed by atoms with van der Waals surface area (Å²) in [5.74, 6) is 0.734. The number of ether oxygens (including phenoxy) is 1. The lowest BCUT2D eigenvalue weighted by molar-refractivity contribution is -0.164. The Morgan fingerprint density at radius 2 is 1.61 bits per heavy atom. The van der Waals surface area contributed by atoms with Crippen molar-refractivity contribution >= 4 is 11.6 Å². The molecular formula is C32H41N3O3. The summed E-state index contributed by atoms with van der Waals surface area (Å²) in [6.07, 6.45) is 3.83.